The van der Waals surface area contributed by atoms with Gasteiger partial charge in [0.25, 0.3) is 0 Å². The van der Waals surface area contributed by atoms with Gasteiger partial charge in [0.15, 0.2) is 0 Å². The summed E-state index contributed by atoms with van der Waals surface area (Å²) in [6.07, 6.45) is -0.428. The quantitative estimate of drug-likeness (QED) is 0.806. The van der Waals surface area contributed by atoms with Crippen molar-refractivity contribution in [2.75, 3.05) is 19.6 Å². The summed E-state index contributed by atoms with van der Waals surface area (Å²) in [4.78, 5) is 24.7. The van der Waals surface area contributed by atoms with Crippen molar-refractivity contribution in [2.45, 2.75) is 12.5 Å². The summed E-state index contributed by atoms with van der Waals surface area (Å²) in [5, 5.41) is 2.94. The highest BCUT2D eigenvalue weighted by molar-refractivity contribution is 5.88. The predicted octanol–water partition coefficient (Wildman–Crippen LogP) is -0.207. The minimum absolute atomic E-state index is 0.251. The lowest BCUT2D eigenvalue weighted by atomic mass is 10.1. The van der Waals surface area contributed by atoms with E-state index in [1.54, 1.807) is 0 Å². The SMILES string of the molecule is NC(=O)C1CNCCN1C(=O)Cc1c(F)cccc1F. The highest BCUT2D eigenvalue weighted by Gasteiger charge is 2.31. The number of amides is 2. The summed E-state index contributed by atoms with van der Waals surface area (Å²) in [7, 11) is 0. The van der Waals surface area contributed by atoms with Crippen LogP contribution in [-0.2, 0) is 16.0 Å². The Bertz CT molecular complexity index is 516. The summed E-state index contributed by atoms with van der Waals surface area (Å²) in [6.45, 7) is 1.04. The lowest BCUT2D eigenvalue weighted by Crippen LogP contribution is -2.59. The third-order valence-corrected chi connectivity index (χ3v) is 3.28. The minimum Gasteiger partial charge on any atom is -0.368 e. The molecule has 7 heteroatoms. The molecule has 2 amide bonds. The average molecular weight is 283 g/mol. The van der Waals surface area contributed by atoms with Crippen LogP contribution in [0, 0.1) is 11.6 Å². The number of benzene rings is 1. The van der Waals surface area contributed by atoms with E-state index in [4.69, 9.17) is 5.73 Å². The number of hydrogen-bond acceptors (Lipinski definition) is 3. The van der Waals surface area contributed by atoms with Gasteiger partial charge >= 0.3 is 0 Å². The van der Waals surface area contributed by atoms with Crippen molar-refractivity contribution in [3.05, 3.63) is 35.4 Å². The largest absolute Gasteiger partial charge is 0.368 e. The normalized spacial score (nSPS) is 18.9. The van der Waals surface area contributed by atoms with Gasteiger partial charge in [-0.05, 0) is 12.1 Å². The third kappa shape index (κ3) is 2.93. The lowest BCUT2D eigenvalue weighted by molar-refractivity contribution is -0.139. The standard InChI is InChI=1S/C13H15F2N3O2/c14-9-2-1-3-10(15)8(9)6-12(19)18-5-4-17-7-11(18)13(16)20/h1-3,11,17H,4-7H2,(H2,16,20). The second-order valence-corrected chi connectivity index (χ2v) is 4.59. The van der Waals surface area contributed by atoms with Crippen molar-refractivity contribution in [3.8, 4) is 0 Å². The van der Waals surface area contributed by atoms with Gasteiger partial charge in [-0.25, -0.2) is 8.78 Å². The second kappa shape index (κ2) is 5.96. The Kier molecular flexibility index (Phi) is 4.29. The van der Waals surface area contributed by atoms with Gasteiger partial charge in [0.2, 0.25) is 11.8 Å². The van der Waals surface area contributed by atoms with Crippen molar-refractivity contribution in [1.82, 2.24) is 10.2 Å². The molecule has 0 aliphatic carbocycles. The number of piperazine rings is 1. The van der Waals surface area contributed by atoms with Gasteiger partial charge in [0.1, 0.15) is 17.7 Å². The van der Waals surface area contributed by atoms with E-state index in [1.807, 2.05) is 0 Å². The van der Waals surface area contributed by atoms with E-state index >= 15 is 0 Å². The number of hydrogen-bond donors (Lipinski definition) is 2. The second-order valence-electron chi connectivity index (χ2n) is 4.59. The molecular weight excluding hydrogens is 268 g/mol. The summed E-state index contributed by atoms with van der Waals surface area (Å²) in [5.74, 6) is -2.70. The molecular formula is C13H15F2N3O2. The molecule has 1 aromatic rings. The molecule has 0 radical (unpaired) electrons. The van der Waals surface area contributed by atoms with Crippen molar-refractivity contribution in [1.29, 1.82) is 0 Å². The molecule has 1 saturated heterocycles. The molecule has 0 spiro atoms. The molecule has 0 bridgehead atoms. The zero-order valence-electron chi connectivity index (χ0n) is 10.7. The number of nitrogens with zero attached hydrogens (tertiary/aromatic N) is 1. The van der Waals surface area contributed by atoms with Crippen molar-refractivity contribution < 1.29 is 18.4 Å². The Morgan fingerprint density at radius 3 is 2.60 bits per heavy atom. The molecule has 20 heavy (non-hydrogen) atoms. The minimum atomic E-state index is -0.786. The molecule has 0 saturated carbocycles. The van der Waals surface area contributed by atoms with Crippen LogP contribution in [0.2, 0.25) is 0 Å². The fraction of sp³-hybridized carbons (Fsp3) is 0.385. The number of nitrogens with two attached hydrogens (primary N) is 1. The number of carbonyl (C=O) groups is 2. The monoisotopic (exact) mass is 283 g/mol. The van der Waals surface area contributed by atoms with E-state index in [0.717, 1.165) is 12.1 Å². The number of primary amides is 1. The van der Waals surface area contributed by atoms with Gasteiger partial charge in [-0.2, -0.15) is 0 Å². The first-order valence-electron chi connectivity index (χ1n) is 6.23. The molecule has 1 aliphatic heterocycles. The van der Waals surface area contributed by atoms with Gasteiger partial charge in [-0.3, -0.25) is 9.59 Å². The van der Waals surface area contributed by atoms with E-state index in [0.29, 0.717) is 6.54 Å². The Morgan fingerprint density at radius 1 is 1.35 bits per heavy atom. The number of nitrogens with one attached hydrogen (secondary N) is 1. The van der Waals surface area contributed by atoms with Crippen LogP contribution in [0.25, 0.3) is 0 Å². The Balaban J connectivity index is 2.16. The van der Waals surface area contributed by atoms with Crippen LogP contribution in [0.5, 0.6) is 0 Å². The lowest BCUT2D eigenvalue weighted by Gasteiger charge is -2.34. The zero-order valence-corrected chi connectivity index (χ0v) is 10.7. The molecule has 2 rings (SSSR count). The Labute approximate surface area is 114 Å². The van der Waals surface area contributed by atoms with Crippen LogP contribution >= 0.6 is 0 Å². The number of halogens is 2. The fourth-order valence-electron chi connectivity index (χ4n) is 2.21. The number of rotatable bonds is 3. The molecule has 0 aromatic heterocycles. The van der Waals surface area contributed by atoms with Crippen molar-refractivity contribution in [3.63, 3.8) is 0 Å². The molecule has 1 aromatic carbocycles. The summed E-state index contributed by atoms with van der Waals surface area (Å²) in [5.41, 5.74) is 4.94. The van der Waals surface area contributed by atoms with E-state index in [2.05, 4.69) is 5.32 Å². The fourth-order valence-corrected chi connectivity index (χ4v) is 2.21. The molecule has 1 atom stereocenters. The predicted molar refractivity (Wildman–Crippen MR) is 67.6 cm³/mol. The van der Waals surface area contributed by atoms with E-state index in [-0.39, 0.29) is 18.7 Å². The third-order valence-electron chi connectivity index (χ3n) is 3.28. The average Bonchev–Trinajstić information content (AvgIpc) is 2.43. The Morgan fingerprint density at radius 2 is 2.00 bits per heavy atom. The summed E-state index contributed by atoms with van der Waals surface area (Å²) < 4.78 is 27.0. The first-order chi connectivity index (χ1) is 9.50. The van der Waals surface area contributed by atoms with E-state index in [9.17, 15) is 18.4 Å². The summed E-state index contributed by atoms with van der Waals surface area (Å²) in [6, 6.07) is 2.63. The number of carbonyl (C=O) groups excluding carboxylic acids is 2. The van der Waals surface area contributed by atoms with Crippen LogP contribution < -0.4 is 11.1 Å². The van der Waals surface area contributed by atoms with Crippen LogP contribution in [0.3, 0.4) is 0 Å². The van der Waals surface area contributed by atoms with Gasteiger partial charge in [-0.15, -0.1) is 0 Å². The summed E-state index contributed by atoms with van der Waals surface area (Å²) >= 11 is 0. The maximum atomic E-state index is 13.5. The van der Waals surface area contributed by atoms with Crippen molar-refractivity contribution >= 4 is 11.8 Å². The molecule has 1 fully saturated rings. The van der Waals surface area contributed by atoms with Crippen LogP contribution in [-0.4, -0.2) is 42.4 Å². The smallest absolute Gasteiger partial charge is 0.241 e. The van der Waals surface area contributed by atoms with Crippen LogP contribution in [0.4, 0.5) is 8.78 Å². The highest BCUT2D eigenvalue weighted by Crippen LogP contribution is 2.15. The van der Waals surface area contributed by atoms with E-state index in [1.165, 1.54) is 11.0 Å². The topological polar surface area (TPSA) is 75.4 Å². The maximum absolute atomic E-state index is 13.5. The van der Waals surface area contributed by atoms with Gasteiger partial charge in [0.05, 0.1) is 6.42 Å². The molecule has 108 valence electrons. The van der Waals surface area contributed by atoms with Crippen LogP contribution in [0.15, 0.2) is 18.2 Å². The molecule has 1 aliphatic rings. The molecule has 3 N–H and O–H groups in total. The first kappa shape index (κ1) is 14.4. The molecule has 5 nitrogen and oxygen atoms in total. The molecule has 1 unspecified atom stereocenters. The van der Waals surface area contributed by atoms with Gasteiger partial charge in [0, 0.05) is 25.2 Å². The zero-order chi connectivity index (χ0) is 14.7. The van der Waals surface area contributed by atoms with E-state index < -0.39 is 35.9 Å². The van der Waals surface area contributed by atoms with Gasteiger partial charge in [-0.1, -0.05) is 6.07 Å². The van der Waals surface area contributed by atoms with Crippen LogP contribution in [0.1, 0.15) is 5.56 Å². The highest BCUT2D eigenvalue weighted by atomic mass is 19.1. The van der Waals surface area contributed by atoms with Gasteiger partial charge < -0.3 is 16.0 Å². The Hall–Kier alpha value is -2.02. The molecule has 1 heterocycles. The van der Waals surface area contributed by atoms with Crippen molar-refractivity contribution in [2.24, 2.45) is 5.73 Å². The first-order valence-corrected chi connectivity index (χ1v) is 6.23. The maximum Gasteiger partial charge on any atom is 0.241 e.